The van der Waals surface area contributed by atoms with Gasteiger partial charge in [0.2, 0.25) is 0 Å². The molecule has 120 valence electrons. The Morgan fingerprint density at radius 2 is 2.00 bits per heavy atom. The summed E-state index contributed by atoms with van der Waals surface area (Å²) in [5, 5.41) is 14.9. The molecule has 2 aliphatic rings. The van der Waals surface area contributed by atoms with E-state index in [1.165, 1.54) is 0 Å². The maximum absolute atomic E-state index is 11.9. The number of fused-ring (bicyclic) bond motifs is 2. The van der Waals surface area contributed by atoms with Gasteiger partial charge in [0.05, 0.1) is 12.5 Å². The van der Waals surface area contributed by atoms with Gasteiger partial charge in [0.25, 0.3) is 0 Å². The van der Waals surface area contributed by atoms with Crippen LogP contribution in [0.3, 0.4) is 0 Å². The van der Waals surface area contributed by atoms with Crippen LogP contribution in [0.4, 0.5) is 4.79 Å². The van der Waals surface area contributed by atoms with Gasteiger partial charge in [-0.2, -0.15) is 0 Å². The van der Waals surface area contributed by atoms with Crippen molar-refractivity contribution in [3.8, 4) is 0 Å². The lowest BCUT2D eigenvalue weighted by molar-refractivity contribution is -0.144. The molecular weight excluding hydrogens is 272 g/mol. The Morgan fingerprint density at radius 1 is 1.24 bits per heavy atom. The molecule has 21 heavy (non-hydrogen) atoms. The van der Waals surface area contributed by atoms with E-state index in [9.17, 15) is 14.7 Å². The van der Waals surface area contributed by atoms with E-state index in [-0.39, 0.29) is 18.0 Å². The number of unbranched alkanes of at least 4 members (excludes halogenated alkanes) is 1. The van der Waals surface area contributed by atoms with E-state index in [4.69, 9.17) is 4.74 Å². The molecule has 2 saturated carbocycles. The van der Waals surface area contributed by atoms with E-state index < -0.39 is 11.9 Å². The monoisotopic (exact) mass is 298 g/mol. The van der Waals surface area contributed by atoms with Crippen molar-refractivity contribution < 1.29 is 19.4 Å². The highest BCUT2D eigenvalue weighted by Gasteiger charge is 2.51. The van der Waals surface area contributed by atoms with Gasteiger partial charge in [-0.1, -0.05) is 13.3 Å². The molecule has 0 aliphatic heterocycles. The number of carbonyl (C=O) groups excluding carboxylic acids is 1. The smallest absolute Gasteiger partial charge is 0.315 e. The molecule has 0 aromatic carbocycles. The minimum atomic E-state index is -0.782. The summed E-state index contributed by atoms with van der Waals surface area (Å²) in [7, 11) is 0. The van der Waals surface area contributed by atoms with Gasteiger partial charge in [-0.3, -0.25) is 4.79 Å². The zero-order valence-corrected chi connectivity index (χ0v) is 12.6. The Labute approximate surface area is 125 Å². The van der Waals surface area contributed by atoms with Gasteiger partial charge in [-0.05, 0) is 37.5 Å². The van der Waals surface area contributed by atoms with Gasteiger partial charge < -0.3 is 20.5 Å². The summed E-state index contributed by atoms with van der Waals surface area (Å²) < 4.78 is 5.37. The first-order chi connectivity index (χ1) is 10.1. The summed E-state index contributed by atoms with van der Waals surface area (Å²) in [6.45, 7) is 3.76. The fourth-order valence-electron chi connectivity index (χ4n) is 3.64. The number of hydrogen-bond acceptors (Lipinski definition) is 3. The molecular formula is C15H26N2O4. The first-order valence-electron chi connectivity index (χ1n) is 7.98. The summed E-state index contributed by atoms with van der Waals surface area (Å²) in [6.07, 6.45) is 5.06. The topological polar surface area (TPSA) is 87.7 Å². The molecule has 0 radical (unpaired) electrons. The van der Waals surface area contributed by atoms with E-state index in [1.807, 2.05) is 0 Å². The lowest BCUT2D eigenvalue weighted by atomic mass is 9.84. The maximum Gasteiger partial charge on any atom is 0.315 e. The number of carboxylic acid groups (broad SMARTS) is 1. The third kappa shape index (κ3) is 4.09. The summed E-state index contributed by atoms with van der Waals surface area (Å²) in [5.41, 5.74) is 0. The summed E-state index contributed by atoms with van der Waals surface area (Å²) >= 11 is 0. The molecule has 0 aromatic rings. The van der Waals surface area contributed by atoms with E-state index >= 15 is 0 Å². The molecule has 6 nitrogen and oxygen atoms in total. The van der Waals surface area contributed by atoms with Gasteiger partial charge in [0.15, 0.2) is 0 Å². The summed E-state index contributed by atoms with van der Waals surface area (Å²) in [5.74, 6) is -0.650. The van der Waals surface area contributed by atoms with Crippen LogP contribution in [0.15, 0.2) is 0 Å². The predicted molar refractivity (Wildman–Crippen MR) is 78.0 cm³/mol. The average molecular weight is 298 g/mol. The Balaban J connectivity index is 1.68. The van der Waals surface area contributed by atoms with Crippen LogP contribution >= 0.6 is 0 Å². The quantitative estimate of drug-likeness (QED) is 0.594. The summed E-state index contributed by atoms with van der Waals surface area (Å²) in [6, 6.07) is -0.500. The molecule has 0 saturated heterocycles. The molecule has 2 fully saturated rings. The molecule has 2 rings (SSSR count). The van der Waals surface area contributed by atoms with Crippen LogP contribution in [0.25, 0.3) is 0 Å². The van der Waals surface area contributed by atoms with Gasteiger partial charge in [-0.25, -0.2) is 4.79 Å². The largest absolute Gasteiger partial charge is 0.481 e. The number of nitrogens with one attached hydrogen (secondary N) is 2. The van der Waals surface area contributed by atoms with E-state index in [0.717, 1.165) is 32.1 Å². The first kappa shape index (κ1) is 16.1. The number of carboxylic acids is 1. The van der Waals surface area contributed by atoms with Crippen molar-refractivity contribution in [2.45, 2.75) is 45.1 Å². The predicted octanol–water partition coefficient (Wildman–Crippen LogP) is 1.60. The number of urea groups is 1. The zero-order chi connectivity index (χ0) is 15.2. The number of hydrogen-bond donors (Lipinski definition) is 3. The molecule has 0 aromatic heterocycles. The normalized spacial score (nSPS) is 30.3. The van der Waals surface area contributed by atoms with Crippen molar-refractivity contribution in [2.75, 3.05) is 19.8 Å². The molecule has 2 aliphatic carbocycles. The maximum atomic E-state index is 11.9. The number of aliphatic carboxylic acids is 1. The number of carbonyl (C=O) groups is 2. The summed E-state index contributed by atoms with van der Waals surface area (Å²) in [4.78, 5) is 23.2. The fourth-order valence-corrected chi connectivity index (χ4v) is 3.64. The SMILES string of the molecule is CCCCOCCNC(=O)NC1C2CCC(C2)C1C(=O)O. The van der Waals surface area contributed by atoms with Gasteiger partial charge in [0, 0.05) is 19.2 Å². The van der Waals surface area contributed by atoms with Crippen molar-refractivity contribution in [1.82, 2.24) is 10.6 Å². The minimum absolute atomic E-state index is 0.220. The number of ether oxygens (including phenoxy) is 1. The Bertz CT molecular complexity index is 375. The van der Waals surface area contributed by atoms with E-state index in [2.05, 4.69) is 17.6 Å². The van der Waals surface area contributed by atoms with Crippen molar-refractivity contribution in [3.63, 3.8) is 0 Å². The third-order valence-corrected chi connectivity index (χ3v) is 4.67. The Kier molecular flexibility index (Phi) is 5.85. The Hall–Kier alpha value is -1.30. The van der Waals surface area contributed by atoms with Gasteiger partial charge >= 0.3 is 12.0 Å². The van der Waals surface area contributed by atoms with Gasteiger partial charge in [0.1, 0.15) is 0 Å². The fraction of sp³-hybridized carbons (Fsp3) is 0.867. The lowest BCUT2D eigenvalue weighted by Gasteiger charge is -2.28. The second-order valence-corrected chi connectivity index (χ2v) is 6.09. The highest BCUT2D eigenvalue weighted by atomic mass is 16.5. The number of amides is 2. The standard InChI is InChI=1S/C15H26N2O4/c1-2-3-7-21-8-6-16-15(20)17-13-11-5-4-10(9-11)12(13)14(18)19/h10-13H,2-9H2,1H3,(H,18,19)(H2,16,17,20). The van der Waals surface area contributed by atoms with Crippen LogP contribution in [-0.4, -0.2) is 42.9 Å². The van der Waals surface area contributed by atoms with Gasteiger partial charge in [-0.15, -0.1) is 0 Å². The molecule has 0 heterocycles. The lowest BCUT2D eigenvalue weighted by Crippen LogP contribution is -2.50. The second kappa shape index (κ2) is 7.64. The molecule has 4 unspecified atom stereocenters. The number of rotatable bonds is 8. The molecule has 0 spiro atoms. The van der Waals surface area contributed by atoms with Crippen LogP contribution in [0, 0.1) is 17.8 Å². The molecule has 2 bridgehead atoms. The van der Waals surface area contributed by atoms with Crippen molar-refractivity contribution >= 4 is 12.0 Å². The van der Waals surface area contributed by atoms with E-state index in [0.29, 0.717) is 25.7 Å². The van der Waals surface area contributed by atoms with Crippen LogP contribution in [0.5, 0.6) is 0 Å². The first-order valence-corrected chi connectivity index (χ1v) is 7.98. The third-order valence-electron chi connectivity index (χ3n) is 4.67. The Morgan fingerprint density at radius 3 is 2.71 bits per heavy atom. The molecule has 3 N–H and O–H groups in total. The van der Waals surface area contributed by atoms with Crippen LogP contribution in [0.2, 0.25) is 0 Å². The average Bonchev–Trinajstić information content (AvgIpc) is 3.03. The molecule has 6 heteroatoms. The van der Waals surface area contributed by atoms with Crippen LogP contribution in [-0.2, 0) is 9.53 Å². The van der Waals surface area contributed by atoms with Crippen molar-refractivity contribution in [1.29, 1.82) is 0 Å². The molecule has 4 atom stereocenters. The highest BCUT2D eigenvalue weighted by molar-refractivity contribution is 5.77. The van der Waals surface area contributed by atoms with Crippen LogP contribution < -0.4 is 10.6 Å². The van der Waals surface area contributed by atoms with E-state index in [1.54, 1.807) is 0 Å². The minimum Gasteiger partial charge on any atom is -0.481 e. The highest BCUT2D eigenvalue weighted by Crippen LogP contribution is 2.48. The molecule has 2 amide bonds. The second-order valence-electron chi connectivity index (χ2n) is 6.09. The van der Waals surface area contributed by atoms with Crippen LogP contribution in [0.1, 0.15) is 39.0 Å². The van der Waals surface area contributed by atoms with Crippen molar-refractivity contribution in [3.05, 3.63) is 0 Å². The zero-order valence-electron chi connectivity index (χ0n) is 12.6. The van der Waals surface area contributed by atoms with Crippen molar-refractivity contribution in [2.24, 2.45) is 17.8 Å².